The number of ether oxygens (including phenoxy) is 1. The molecule has 4 nitrogen and oxygen atoms in total. The Kier molecular flexibility index (Phi) is 5.75. The van der Waals surface area contributed by atoms with E-state index in [1.807, 2.05) is 7.05 Å². The maximum atomic E-state index is 5.00. The highest BCUT2D eigenvalue weighted by Crippen LogP contribution is 2.20. The molecule has 1 heterocycles. The van der Waals surface area contributed by atoms with Crippen LogP contribution in [0, 0.1) is 0 Å². The summed E-state index contributed by atoms with van der Waals surface area (Å²) in [5.74, 6) is 0. The second-order valence-electron chi connectivity index (χ2n) is 3.38. The number of nitrogens with one attached hydrogen (secondary N) is 1. The van der Waals surface area contributed by atoms with Gasteiger partial charge in [0.1, 0.15) is 10.0 Å². The summed E-state index contributed by atoms with van der Waals surface area (Å²) in [6, 6.07) is 0.346. The van der Waals surface area contributed by atoms with Crippen molar-refractivity contribution < 1.29 is 4.74 Å². The predicted octanol–water partition coefficient (Wildman–Crippen LogP) is 1.79. The molecule has 1 N–H and O–H groups in total. The average molecular weight is 229 g/mol. The molecule has 1 atom stereocenters. The number of methoxy groups -OCH3 is 1. The zero-order chi connectivity index (χ0) is 11.1. The van der Waals surface area contributed by atoms with Crippen molar-refractivity contribution in [2.75, 3.05) is 20.8 Å². The van der Waals surface area contributed by atoms with E-state index in [0.29, 0.717) is 6.04 Å². The molecule has 0 saturated heterocycles. The molecule has 0 aromatic carbocycles. The number of hydrogen-bond donors (Lipinski definition) is 1. The van der Waals surface area contributed by atoms with Crippen molar-refractivity contribution in [2.24, 2.45) is 0 Å². The molecular weight excluding hydrogens is 210 g/mol. The lowest BCUT2D eigenvalue weighted by Gasteiger charge is -2.07. The number of aromatic nitrogens is 2. The van der Waals surface area contributed by atoms with Gasteiger partial charge in [-0.05, 0) is 19.9 Å². The Morgan fingerprint density at radius 2 is 2.27 bits per heavy atom. The van der Waals surface area contributed by atoms with Gasteiger partial charge >= 0.3 is 0 Å². The fraction of sp³-hybridized carbons (Fsp3) is 0.800. The van der Waals surface area contributed by atoms with Gasteiger partial charge in [-0.15, -0.1) is 10.2 Å². The van der Waals surface area contributed by atoms with Crippen LogP contribution in [0.1, 0.15) is 35.8 Å². The molecule has 0 aliphatic rings. The molecule has 0 bridgehead atoms. The summed E-state index contributed by atoms with van der Waals surface area (Å²) in [6.45, 7) is 2.94. The van der Waals surface area contributed by atoms with Crippen LogP contribution in [0.2, 0.25) is 0 Å². The maximum Gasteiger partial charge on any atom is 0.134 e. The Morgan fingerprint density at radius 3 is 2.87 bits per heavy atom. The molecule has 86 valence electrons. The standard InChI is InChI=1S/C10H19N3OS/c1-4-8(11-2)10-13-12-9(15-10)6-5-7-14-3/h8,11H,4-7H2,1-3H3. The highest BCUT2D eigenvalue weighted by atomic mass is 32.1. The van der Waals surface area contributed by atoms with Gasteiger partial charge in [-0.1, -0.05) is 18.3 Å². The minimum Gasteiger partial charge on any atom is -0.385 e. The Balaban J connectivity index is 2.47. The van der Waals surface area contributed by atoms with E-state index in [-0.39, 0.29) is 0 Å². The molecule has 5 heteroatoms. The smallest absolute Gasteiger partial charge is 0.134 e. The number of aryl methyl sites for hydroxylation is 1. The van der Waals surface area contributed by atoms with E-state index in [9.17, 15) is 0 Å². The number of rotatable bonds is 7. The van der Waals surface area contributed by atoms with E-state index in [0.717, 1.165) is 35.9 Å². The van der Waals surface area contributed by atoms with Crippen LogP contribution in [0.15, 0.2) is 0 Å². The van der Waals surface area contributed by atoms with Gasteiger partial charge in [-0.2, -0.15) is 0 Å². The first kappa shape index (κ1) is 12.5. The van der Waals surface area contributed by atoms with Crippen LogP contribution in [0.5, 0.6) is 0 Å². The third-order valence-electron chi connectivity index (χ3n) is 2.28. The lowest BCUT2D eigenvalue weighted by atomic mass is 10.2. The van der Waals surface area contributed by atoms with E-state index in [1.54, 1.807) is 18.4 Å². The van der Waals surface area contributed by atoms with Crippen molar-refractivity contribution >= 4 is 11.3 Å². The zero-order valence-electron chi connectivity index (χ0n) is 9.62. The molecule has 1 aromatic heterocycles. The third-order valence-corrected chi connectivity index (χ3v) is 3.37. The van der Waals surface area contributed by atoms with E-state index < -0.39 is 0 Å². The van der Waals surface area contributed by atoms with Gasteiger partial charge < -0.3 is 10.1 Å². The van der Waals surface area contributed by atoms with Crippen molar-refractivity contribution in [2.45, 2.75) is 32.2 Å². The topological polar surface area (TPSA) is 47.0 Å². The first-order valence-corrected chi connectivity index (χ1v) is 6.12. The highest BCUT2D eigenvalue weighted by molar-refractivity contribution is 7.11. The highest BCUT2D eigenvalue weighted by Gasteiger charge is 2.12. The molecule has 0 amide bonds. The van der Waals surface area contributed by atoms with E-state index in [1.165, 1.54) is 0 Å². The minimum atomic E-state index is 0.346. The summed E-state index contributed by atoms with van der Waals surface area (Å²) in [5, 5.41) is 13.8. The summed E-state index contributed by atoms with van der Waals surface area (Å²) in [7, 11) is 3.68. The maximum absolute atomic E-state index is 5.00. The molecule has 15 heavy (non-hydrogen) atoms. The Morgan fingerprint density at radius 1 is 1.47 bits per heavy atom. The van der Waals surface area contributed by atoms with Crippen molar-refractivity contribution in [1.82, 2.24) is 15.5 Å². The Bertz CT molecular complexity index is 273. The van der Waals surface area contributed by atoms with E-state index >= 15 is 0 Å². The summed E-state index contributed by atoms with van der Waals surface area (Å²) in [4.78, 5) is 0. The van der Waals surface area contributed by atoms with E-state index in [2.05, 4.69) is 22.4 Å². The van der Waals surface area contributed by atoms with Gasteiger partial charge in [0.2, 0.25) is 0 Å². The van der Waals surface area contributed by atoms with Gasteiger partial charge in [0.05, 0.1) is 6.04 Å². The van der Waals surface area contributed by atoms with E-state index in [4.69, 9.17) is 4.74 Å². The summed E-state index contributed by atoms with van der Waals surface area (Å²) < 4.78 is 5.00. The number of hydrogen-bond acceptors (Lipinski definition) is 5. The Labute approximate surface area is 95.1 Å². The first-order chi connectivity index (χ1) is 7.31. The largest absolute Gasteiger partial charge is 0.385 e. The molecular formula is C10H19N3OS. The van der Waals surface area contributed by atoms with Gasteiger partial charge in [-0.25, -0.2) is 0 Å². The van der Waals surface area contributed by atoms with Gasteiger partial charge in [0, 0.05) is 20.1 Å². The molecule has 0 aliphatic carbocycles. The molecule has 1 unspecified atom stereocenters. The summed E-state index contributed by atoms with van der Waals surface area (Å²) in [5.41, 5.74) is 0. The van der Waals surface area contributed by atoms with Crippen molar-refractivity contribution in [3.8, 4) is 0 Å². The molecule has 1 aromatic rings. The van der Waals surface area contributed by atoms with Gasteiger partial charge in [0.25, 0.3) is 0 Å². The van der Waals surface area contributed by atoms with Crippen LogP contribution in [0.4, 0.5) is 0 Å². The third kappa shape index (κ3) is 3.85. The van der Waals surface area contributed by atoms with Gasteiger partial charge in [-0.3, -0.25) is 0 Å². The normalized spacial score (nSPS) is 13.0. The van der Waals surface area contributed by atoms with Crippen LogP contribution in [0.25, 0.3) is 0 Å². The van der Waals surface area contributed by atoms with Crippen molar-refractivity contribution in [3.63, 3.8) is 0 Å². The number of nitrogens with zero attached hydrogens (tertiary/aromatic N) is 2. The van der Waals surface area contributed by atoms with Crippen molar-refractivity contribution in [3.05, 3.63) is 10.0 Å². The fourth-order valence-electron chi connectivity index (χ4n) is 1.38. The van der Waals surface area contributed by atoms with Crippen molar-refractivity contribution in [1.29, 1.82) is 0 Å². The monoisotopic (exact) mass is 229 g/mol. The molecule has 1 rings (SSSR count). The predicted molar refractivity (Wildman–Crippen MR) is 62.2 cm³/mol. The lowest BCUT2D eigenvalue weighted by Crippen LogP contribution is -2.14. The van der Waals surface area contributed by atoms with Crippen LogP contribution in [-0.2, 0) is 11.2 Å². The fourth-order valence-corrected chi connectivity index (χ4v) is 2.46. The van der Waals surface area contributed by atoms with Crippen LogP contribution >= 0.6 is 11.3 Å². The second-order valence-corrected chi connectivity index (χ2v) is 4.47. The summed E-state index contributed by atoms with van der Waals surface area (Å²) >= 11 is 1.70. The second kappa shape index (κ2) is 6.87. The SMILES string of the molecule is CCC(NC)c1nnc(CCCOC)s1. The molecule has 0 saturated carbocycles. The summed E-state index contributed by atoms with van der Waals surface area (Å²) in [6.07, 6.45) is 3.02. The van der Waals surface area contributed by atoms with Crippen LogP contribution < -0.4 is 5.32 Å². The quantitative estimate of drug-likeness (QED) is 0.724. The van der Waals surface area contributed by atoms with Crippen LogP contribution in [-0.4, -0.2) is 31.0 Å². The molecule has 0 aliphatic heterocycles. The molecule has 0 radical (unpaired) electrons. The molecule has 0 spiro atoms. The van der Waals surface area contributed by atoms with Gasteiger partial charge in [0.15, 0.2) is 0 Å². The zero-order valence-corrected chi connectivity index (χ0v) is 10.4. The minimum absolute atomic E-state index is 0.346. The first-order valence-electron chi connectivity index (χ1n) is 5.30. The molecule has 0 fully saturated rings. The van der Waals surface area contributed by atoms with Crippen LogP contribution in [0.3, 0.4) is 0 Å². The lowest BCUT2D eigenvalue weighted by molar-refractivity contribution is 0.195. The average Bonchev–Trinajstić information content (AvgIpc) is 2.69. The Hall–Kier alpha value is -0.520.